The number of nitrogen functional groups attached to an aromatic ring is 1. The van der Waals surface area contributed by atoms with Gasteiger partial charge in [0.25, 0.3) is 0 Å². The molecular weight excluding hydrogens is 190 g/mol. The highest BCUT2D eigenvalue weighted by molar-refractivity contribution is 7.14. The molecule has 0 saturated carbocycles. The maximum Gasteiger partial charge on any atom is 0.0859 e. The van der Waals surface area contributed by atoms with Crippen LogP contribution in [0.1, 0.15) is 51.0 Å². The van der Waals surface area contributed by atoms with Gasteiger partial charge in [-0.3, -0.25) is 0 Å². The molecular formula is C12H21NS. The van der Waals surface area contributed by atoms with Gasteiger partial charge in [-0.1, -0.05) is 39.0 Å². The first-order valence-electron chi connectivity index (χ1n) is 5.66. The zero-order valence-electron chi connectivity index (χ0n) is 9.09. The third-order valence-electron chi connectivity index (χ3n) is 2.49. The Labute approximate surface area is 91.3 Å². The minimum absolute atomic E-state index is 0.950. The van der Waals surface area contributed by atoms with Gasteiger partial charge in [0.2, 0.25) is 0 Å². The van der Waals surface area contributed by atoms with Gasteiger partial charge in [0.05, 0.1) is 5.00 Å². The molecule has 1 aromatic rings. The number of anilines is 1. The SMILES string of the molecule is CCCCCCCCc1csc(N)c1. The average Bonchev–Trinajstić information content (AvgIpc) is 2.58. The van der Waals surface area contributed by atoms with Crippen molar-refractivity contribution in [2.75, 3.05) is 5.73 Å². The Balaban J connectivity index is 1.99. The van der Waals surface area contributed by atoms with Gasteiger partial charge in [0.1, 0.15) is 0 Å². The molecule has 0 aliphatic carbocycles. The second-order valence-electron chi connectivity index (χ2n) is 3.88. The summed E-state index contributed by atoms with van der Waals surface area (Å²) in [6.45, 7) is 2.26. The van der Waals surface area contributed by atoms with Crippen molar-refractivity contribution < 1.29 is 0 Å². The number of nitrogens with two attached hydrogens (primary N) is 1. The molecule has 0 radical (unpaired) electrons. The van der Waals surface area contributed by atoms with E-state index in [0.717, 1.165) is 5.00 Å². The monoisotopic (exact) mass is 211 g/mol. The Bertz CT molecular complexity index is 242. The molecule has 1 aromatic heterocycles. The van der Waals surface area contributed by atoms with Crippen LogP contribution in [-0.4, -0.2) is 0 Å². The first kappa shape index (κ1) is 11.6. The molecule has 2 N–H and O–H groups in total. The molecule has 0 atom stereocenters. The summed E-state index contributed by atoms with van der Waals surface area (Å²) in [6, 6.07) is 2.11. The topological polar surface area (TPSA) is 26.0 Å². The van der Waals surface area contributed by atoms with E-state index >= 15 is 0 Å². The van der Waals surface area contributed by atoms with Crippen LogP contribution in [0.2, 0.25) is 0 Å². The van der Waals surface area contributed by atoms with Gasteiger partial charge in [0, 0.05) is 0 Å². The van der Waals surface area contributed by atoms with Gasteiger partial charge in [-0.15, -0.1) is 11.3 Å². The summed E-state index contributed by atoms with van der Waals surface area (Å²) in [5, 5.41) is 3.13. The second kappa shape index (κ2) is 6.88. The largest absolute Gasteiger partial charge is 0.391 e. The molecule has 0 aliphatic heterocycles. The van der Waals surface area contributed by atoms with E-state index in [1.54, 1.807) is 11.3 Å². The van der Waals surface area contributed by atoms with Crippen LogP contribution < -0.4 is 5.73 Å². The molecule has 0 amide bonds. The number of thiophene rings is 1. The maximum atomic E-state index is 5.67. The van der Waals surface area contributed by atoms with E-state index in [0.29, 0.717) is 0 Å². The summed E-state index contributed by atoms with van der Waals surface area (Å²) in [5.74, 6) is 0. The fourth-order valence-corrected chi connectivity index (χ4v) is 2.33. The van der Waals surface area contributed by atoms with Crippen molar-refractivity contribution in [2.24, 2.45) is 0 Å². The van der Waals surface area contributed by atoms with Crippen LogP contribution in [0, 0.1) is 0 Å². The molecule has 1 nitrogen and oxygen atoms in total. The number of hydrogen-bond acceptors (Lipinski definition) is 2. The molecule has 1 rings (SSSR count). The van der Waals surface area contributed by atoms with Crippen LogP contribution in [0.4, 0.5) is 5.00 Å². The molecule has 80 valence electrons. The first-order chi connectivity index (χ1) is 6.83. The summed E-state index contributed by atoms with van der Waals surface area (Å²) < 4.78 is 0. The lowest BCUT2D eigenvalue weighted by atomic mass is 10.1. The Morgan fingerprint density at radius 2 is 1.86 bits per heavy atom. The van der Waals surface area contributed by atoms with Crippen LogP contribution in [0.3, 0.4) is 0 Å². The standard InChI is InChI=1S/C12H21NS/c1-2-3-4-5-6-7-8-11-9-12(13)14-10-11/h9-10H,2-8,13H2,1H3. The van der Waals surface area contributed by atoms with Crippen LogP contribution >= 0.6 is 11.3 Å². The smallest absolute Gasteiger partial charge is 0.0859 e. The predicted molar refractivity (Wildman–Crippen MR) is 65.8 cm³/mol. The van der Waals surface area contributed by atoms with Gasteiger partial charge in [-0.2, -0.15) is 0 Å². The maximum absolute atomic E-state index is 5.67. The summed E-state index contributed by atoms with van der Waals surface area (Å²) in [5.41, 5.74) is 7.09. The molecule has 0 aliphatic rings. The lowest BCUT2D eigenvalue weighted by molar-refractivity contribution is 0.608. The highest BCUT2D eigenvalue weighted by Gasteiger charge is 1.96. The zero-order chi connectivity index (χ0) is 10.2. The minimum Gasteiger partial charge on any atom is -0.391 e. The summed E-state index contributed by atoms with van der Waals surface area (Å²) >= 11 is 1.65. The predicted octanol–water partition coefficient (Wildman–Crippen LogP) is 4.23. The van der Waals surface area contributed by atoms with Crippen molar-refractivity contribution in [3.63, 3.8) is 0 Å². The molecule has 14 heavy (non-hydrogen) atoms. The van der Waals surface area contributed by atoms with Gasteiger partial charge in [0.15, 0.2) is 0 Å². The third kappa shape index (κ3) is 4.66. The van der Waals surface area contributed by atoms with Gasteiger partial charge in [-0.05, 0) is 29.9 Å². The quantitative estimate of drug-likeness (QED) is 0.671. The molecule has 1 heterocycles. The van der Waals surface area contributed by atoms with Crippen molar-refractivity contribution in [3.8, 4) is 0 Å². The van der Waals surface area contributed by atoms with Crippen LogP contribution in [0.15, 0.2) is 11.4 Å². The molecule has 0 spiro atoms. The van der Waals surface area contributed by atoms with E-state index in [-0.39, 0.29) is 0 Å². The summed E-state index contributed by atoms with van der Waals surface area (Å²) in [4.78, 5) is 0. The Kier molecular flexibility index (Phi) is 5.69. The van der Waals surface area contributed by atoms with Crippen molar-refractivity contribution in [2.45, 2.75) is 51.9 Å². The van der Waals surface area contributed by atoms with E-state index in [4.69, 9.17) is 5.73 Å². The van der Waals surface area contributed by atoms with Crippen molar-refractivity contribution in [1.29, 1.82) is 0 Å². The summed E-state index contributed by atoms with van der Waals surface area (Å²) in [7, 11) is 0. The highest BCUT2D eigenvalue weighted by Crippen LogP contribution is 2.18. The lowest BCUT2D eigenvalue weighted by Gasteiger charge is -1.99. The normalized spacial score (nSPS) is 10.6. The number of hydrogen-bond donors (Lipinski definition) is 1. The van der Waals surface area contributed by atoms with Crippen molar-refractivity contribution in [3.05, 3.63) is 17.0 Å². The third-order valence-corrected chi connectivity index (χ3v) is 3.30. The fraction of sp³-hybridized carbons (Fsp3) is 0.667. The number of unbranched alkanes of at least 4 members (excludes halogenated alkanes) is 5. The van der Waals surface area contributed by atoms with Crippen LogP contribution in [0.25, 0.3) is 0 Å². The van der Waals surface area contributed by atoms with Crippen LogP contribution in [-0.2, 0) is 6.42 Å². The molecule has 0 aromatic carbocycles. The minimum atomic E-state index is 0.950. The first-order valence-corrected chi connectivity index (χ1v) is 6.53. The molecule has 0 unspecified atom stereocenters. The molecule has 0 saturated heterocycles. The molecule has 0 bridgehead atoms. The average molecular weight is 211 g/mol. The van der Waals surface area contributed by atoms with Gasteiger partial charge >= 0.3 is 0 Å². The van der Waals surface area contributed by atoms with Gasteiger partial charge < -0.3 is 5.73 Å². The van der Waals surface area contributed by atoms with Crippen LogP contribution in [0.5, 0.6) is 0 Å². The van der Waals surface area contributed by atoms with E-state index < -0.39 is 0 Å². The van der Waals surface area contributed by atoms with E-state index in [2.05, 4.69) is 18.4 Å². The number of rotatable bonds is 7. The van der Waals surface area contributed by atoms with Gasteiger partial charge in [-0.25, -0.2) is 0 Å². The fourth-order valence-electron chi connectivity index (χ4n) is 1.64. The zero-order valence-corrected chi connectivity index (χ0v) is 9.91. The Morgan fingerprint density at radius 1 is 1.14 bits per heavy atom. The van der Waals surface area contributed by atoms with E-state index in [9.17, 15) is 0 Å². The van der Waals surface area contributed by atoms with Crippen molar-refractivity contribution >= 4 is 16.3 Å². The summed E-state index contributed by atoms with van der Waals surface area (Å²) in [6.07, 6.45) is 9.43. The van der Waals surface area contributed by atoms with E-state index in [1.807, 2.05) is 0 Å². The highest BCUT2D eigenvalue weighted by atomic mass is 32.1. The van der Waals surface area contributed by atoms with Crippen molar-refractivity contribution in [1.82, 2.24) is 0 Å². The second-order valence-corrected chi connectivity index (χ2v) is 4.82. The molecule has 0 fully saturated rings. The Morgan fingerprint density at radius 3 is 2.50 bits per heavy atom. The molecule has 2 heteroatoms. The Hall–Kier alpha value is -0.500. The van der Waals surface area contributed by atoms with E-state index in [1.165, 1.54) is 50.5 Å². The number of aryl methyl sites for hydroxylation is 1. The lowest BCUT2D eigenvalue weighted by Crippen LogP contribution is -1.84.